The van der Waals surface area contributed by atoms with Gasteiger partial charge in [-0.2, -0.15) is 11.3 Å². The molecule has 5 heteroatoms. The van der Waals surface area contributed by atoms with E-state index in [1.165, 1.54) is 11.1 Å². The molecule has 0 aliphatic heterocycles. The van der Waals surface area contributed by atoms with Crippen LogP contribution in [0.2, 0.25) is 0 Å². The Morgan fingerprint density at radius 2 is 2.21 bits per heavy atom. The summed E-state index contributed by atoms with van der Waals surface area (Å²) in [6.07, 6.45) is 0. The first-order valence-electron chi connectivity index (χ1n) is 5.91. The summed E-state index contributed by atoms with van der Waals surface area (Å²) in [5, 5.41) is 4.36. The van der Waals surface area contributed by atoms with Crippen LogP contribution in [-0.2, 0) is 12.4 Å². The van der Waals surface area contributed by atoms with Gasteiger partial charge in [-0.25, -0.2) is 4.98 Å². The quantitative estimate of drug-likeness (QED) is 0.607. The van der Waals surface area contributed by atoms with E-state index in [2.05, 4.69) is 49.2 Å². The standard InChI is InChI=1S/C14H12BrClN2S/c1-9-7-19-8-10(9)6-18-13-4-11(15)2-3-12(13)17-14(18)5-16/h2-4,7-8H,5-6H2,1H3. The normalized spacial score (nSPS) is 11.3. The van der Waals surface area contributed by atoms with Crippen molar-refractivity contribution in [3.63, 3.8) is 0 Å². The van der Waals surface area contributed by atoms with Gasteiger partial charge < -0.3 is 4.57 Å². The molecule has 0 radical (unpaired) electrons. The number of rotatable bonds is 3. The Labute approximate surface area is 129 Å². The van der Waals surface area contributed by atoms with E-state index in [-0.39, 0.29) is 0 Å². The minimum atomic E-state index is 0.426. The molecule has 3 aromatic rings. The smallest absolute Gasteiger partial charge is 0.125 e. The lowest BCUT2D eigenvalue weighted by atomic mass is 10.2. The van der Waals surface area contributed by atoms with E-state index in [9.17, 15) is 0 Å². The van der Waals surface area contributed by atoms with Crippen LogP contribution in [-0.4, -0.2) is 9.55 Å². The van der Waals surface area contributed by atoms with Crippen LogP contribution in [0, 0.1) is 6.92 Å². The van der Waals surface area contributed by atoms with Gasteiger partial charge in [0, 0.05) is 4.47 Å². The first-order chi connectivity index (χ1) is 9.19. The second-order valence-corrected chi connectivity index (χ2v) is 6.39. The van der Waals surface area contributed by atoms with E-state index in [1.54, 1.807) is 11.3 Å². The molecule has 19 heavy (non-hydrogen) atoms. The molecule has 2 nitrogen and oxygen atoms in total. The molecule has 98 valence electrons. The van der Waals surface area contributed by atoms with Gasteiger partial charge in [0.05, 0.1) is 23.5 Å². The molecule has 2 heterocycles. The van der Waals surface area contributed by atoms with Crippen molar-refractivity contribution in [2.24, 2.45) is 0 Å². The highest BCUT2D eigenvalue weighted by molar-refractivity contribution is 9.10. The van der Waals surface area contributed by atoms with Crippen molar-refractivity contribution in [3.8, 4) is 0 Å². The summed E-state index contributed by atoms with van der Waals surface area (Å²) in [4.78, 5) is 4.60. The molecule has 0 spiro atoms. The highest BCUT2D eigenvalue weighted by Gasteiger charge is 2.12. The highest BCUT2D eigenvalue weighted by Crippen LogP contribution is 2.24. The maximum atomic E-state index is 6.03. The van der Waals surface area contributed by atoms with E-state index in [0.29, 0.717) is 5.88 Å². The van der Waals surface area contributed by atoms with Gasteiger partial charge in [0.1, 0.15) is 5.82 Å². The Balaban J connectivity index is 2.15. The summed E-state index contributed by atoms with van der Waals surface area (Å²) in [5.41, 5.74) is 4.76. The van der Waals surface area contributed by atoms with Gasteiger partial charge in [0.2, 0.25) is 0 Å². The summed E-state index contributed by atoms with van der Waals surface area (Å²) in [6.45, 7) is 2.96. The topological polar surface area (TPSA) is 17.8 Å². The number of halogens is 2. The predicted octanol–water partition coefficient (Wildman–Crippen LogP) is 4.96. The lowest BCUT2D eigenvalue weighted by Crippen LogP contribution is -2.04. The Morgan fingerprint density at radius 3 is 2.89 bits per heavy atom. The Kier molecular flexibility index (Phi) is 3.65. The zero-order valence-corrected chi connectivity index (χ0v) is 13.5. The van der Waals surface area contributed by atoms with Gasteiger partial charge in [-0.3, -0.25) is 0 Å². The minimum Gasteiger partial charge on any atom is -0.322 e. The third-order valence-corrected chi connectivity index (χ3v) is 4.84. The van der Waals surface area contributed by atoms with Crippen molar-refractivity contribution in [1.82, 2.24) is 9.55 Å². The van der Waals surface area contributed by atoms with Crippen LogP contribution in [0.3, 0.4) is 0 Å². The van der Waals surface area contributed by atoms with Crippen LogP contribution in [0.15, 0.2) is 33.4 Å². The van der Waals surface area contributed by atoms with Gasteiger partial charge in [0.15, 0.2) is 0 Å². The van der Waals surface area contributed by atoms with Crippen molar-refractivity contribution in [3.05, 3.63) is 50.4 Å². The van der Waals surface area contributed by atoms with E-state index in [1.807, 2.05) is 12.1 Å². The lowest BCUT2D eigenvalue weighted by molar-refractivity contribution is 0.777. The molecule has 0 N–H and O–H groups in total. The fourth-order valence-electron chi connectivity index (χ4n) is 2.14. The van der Waals surface area contributed by atoms with Gasteiger partial charge in [-0.15, -0.1) is 11.6 Å². The van der Waals surface area contributed by atoms with Crippen LogP contribution >= 0.6 is 38.9 Å². The number of aryl methyl sites for hydroxylation is 1. The number of hydrogen-bond donors (Lipinski definition) is 0. The maximum Gasteiger partial charge on any atom is 0.125 e. The summed E-state index contributed by atoms with van der Waals surface area (Å²) in [6, 6.07) is 6.13. The lowest BCUT2D eigenvalue weighted by Gasteiger charge is -2.07. The van der Waals surface area contributed by atoms with Crippen LogP contribution in [0.5, 0.6) is 0 Å². The molecular formula is C14H12BrClN2S. The zero-order valence-electron chi connectivity index (χ0n) is 10.4. The Morgan fingerprint density at radius 1 is 1.37 bits per heavy atom. The molecule has 1 aromatic carbocycles. The number of fused-ring (bicyclic) bond motifs is 1. The Hall–Kier alpha value is -0.840. The largest absolute Gasteiger partial charge is 0.322 e. The fraction of sp³-hybridized carbons (Fsp3) is 0.214. The summed E-state index contributed by atoms with van der Waals surface area (Å²) in [5.74, 6) is 1.34. The first-order valence-corrected chi connectivity index (χ1v) is 8.18. The molecule has 0 unspecified atom stereocenters. The van der Waals surface area contributed by atoms with Gasteiger partial charge in [-0.05, 0) is 47.0 Å². The van der Waals surface area contributed by atoms with E-state index in [0.717, 1.165) is 27.9 Å². The summed E-state index contributed by atoms with van der Waals surface area (Å²) < 4.78 is 3.26. The third-order valence-electron chi connectivity index (χ3n) is 3.20. The number of imidazole rings is 1. The second-order valence-electron chi connectivity index (χ2n) is 4.46. The Bertz CT molecular complexity index is 732. The predicted molar refractivity (Wildman–Crippen MR) is 85.1 cm³/mol. The number of nitrogens with zero attached hydrogens (tertiary/aromatic N) is 2. The number of benzene rings is 1. The van der Waals surface area contributed by atoms with E-state index >= 15 is 0 Å². The number of hydrogen-bond acceptors (Lipinski definition) is 2. The second kappa shape index (κ2) is 5.27. The summed E-state index contributed by atoms with van der Waals surface area (Å²) in [7, 11) is 0. The van der Waals surface area contributed by atoms with E-state index in [4.69, 9.17) is 11.6 Å². The molecule has 0 fully saturated rings. The summed E-state index contributed by atoms with van der Waals surface area (Å²) >= 11 is 11.3. The van der Waals surface area contributed by atoms with Gasteiger partial charge in [-0.1, -0.05) is 15.9 Å². The molecular weight excluding hydrogens is 344 g/mol. The number of thiophene rings is 1. The van der Waals surface area contributed by atoms with Crippen LogP contribution in [0.4, 0.5) is 0 Å². The average Bonchev–Trinajstić information content (AvgIpc) is 2.95. The fourth-order valence-corrected chi connectivity index (χ4v) is 3.54. The maximum absolute atomic E-state index is 6.03. The molecule has 0 atom stereocenters. The van der Waals surface area contributed by atoms with Gasteiger partial charge >= 0.3 is 0 Å². The molecule has 2 aromatic heterocycles. The van der Waals surface area contributed by atoms with Crippen molar-refractivity contribution >= 4 is 49.9 Å². The van der Waals surface area contributed by atoms with Crippen molar-refractivity contribution in [2.75, 3.05) is 0 Å². The third kappa shape index (κ3) is 2.45. The molecule has 3 rings (SSSR count). The van der Waals surface area contributed by atoms with E-state index < -0.39 is 0 Å². The van der Waals surface area contributed by atoms with Crippen LogP contribution in [0.1, 0.15) is 17.0 Å². The molecule has 0 amide bonds. The number of aromatic nitrogens is 2. The monoisotopic (exact) mass is 354 g/mol. The molecule has 0 saturated carbocycles. The first kappa shape index (κ1) is 13.2. The van der Waals surface area contributed by atoms with Crippen molar-refractivity contribution < 1.29 is 0 Å². The molecule has 0 aliphatic carbocycles. The highest BCUT2D eigenvalue weighted by atomic mass is 79.9. The van der Waals surface area contributed by atoms with Crippen molar-refractivity contribution in [2.45, 2.75) is 19.3 Å². The molecule has 0 saturated heterocycles. The SMILES string of the molecule is Cc1cscc1Cn1c(CCl)nc2ccc(Br)cc21. The van der Waals surface area contributed by atoms with Crippen LogP contribution < -0.4 is 0 Å². The molecule has 0 bridgehead atoms. The van der Waals surface area contributed by atoms with Crippen molar-refractivity contribution in [1.29, 1.82) is 0 Å². The minimum absolute atomic E-state index is 0.426. The molecule has 0 aliphatic rings. The number of alkyl halides is 1. The zero-order chi connectivity index (χ0) is 13.4. The average molecular weight is 356 g/mol. The van der Waals surface area contributed by atoms with Crippen LogP contribution in [0.25, 0.3) is 11.0 Å². The van der Waals surface area contributed by atoms with Gasteiger partial charge in [0.25, 0.3) is 0 Å².